The van der Waals surface area contributed by atoms with Gasteiger partial charge in [-0.25, -0.2) is 4.68 Å². The van der Waals surface area contributed by atoms with Gasteiger partial charge in [0.15, 0.2) is 0 Å². The molecule has 0 amide bonds. The van der Waals surface area contributed by atoms with E-state index in [2.05, 4.69) is 15.2 Å². The first-order valence-corrected chi connectivity index (χ1v) is 5.66. The number of hydrogen-bond acceptors (Lipinski definition) is 6. The molecule has 0 aliphatic carbocycles. The zero-order valence-electron chi connectivity index (χ0n) is 10.1. The highest BCUT2D eigenvalue weighted by molar-refractivity contribution is 6.32. The predicted octanol–water partition coefficient (Wildman–Crippen LogP) is -0.171. The molecule has 0 bridgehead atoms. The summed E-state index contributed by atoms with van der Waals surface area (Å²) in [6.45, 7) is 1.96. The lowest BCUT2D eigenvalue weighted by molar-refractivity contribution is -0.141. The van der Waals surface area contributed by atoms with Crippen LogP contribution in [0.3, 0.4) is 0 Å². The van der Waals surface area contributed by atoms with Crippen LogP contribution in [-0.2, 0) is 16.1 Å². The van der Waals surface area contributed by atoms with Crippen LogP contribution in [0.5, 0.6) is 0 Å². The van der Waals surface area contributed by atoms with E-state index in [0.29, 0.717) is 12.2 Å². The van der Waals surface area contributed by atoms with Gasteiger partial charge < -0.3 is 15.8 Å². The topological polar surface area (TPSA) is 99.2 Å². The highest BCUT2D eigenvalue weighted by Crippen LogP contribution is 2.15. The average Bonchev–Trinajstić information content (AvgIpc) is 2.37. The van der Waals surface area contributed by atoms with Gasteiger partial charge >= 0.3 is 5.97 Å². The number of ether oxygens (including phenoxy) is 1. The van der Waals surface area contributed by atoms with E-state index >= 15 is 0 Å². The Morgan fingerprint density at radius 3 is 2.94 bits per heavy atom. The van der Waals surface area contributed by atoms with Crippen molar-refractivity contribution in [3.63, 3.8) is 0 Å². The van der Waals surface area contributed by atoms with Crippen LogP contribution in [0, 0.1) is 0 Å². The molecule has 8 heteroatoms. The Labute approximate surface area is 109 Å². The zero-order chi connectivity index (χ0) is 13.7. The highest BCUT2D eigenvalue weighted by atomic mass is 35.5. The van der Waals surface area contributed by atoms with Crippen molar-refractivity contribution in [3.05, 3.63) is 21.6 Å². The summed E-state index contributed by atoms with van der Waals surface area (Å²) in [5.74, 6) is -0.572. The minimum Gasteiger partial charge on any atom is -0.468 e. The van der Waals surface area contributed by atoms with Gasteiger partial charge in [0, 0.05) is 12.6 Å². The van der Waals surface area contributed by atoms with Crippen molar-refractivity contribution in [2.45, 2.75) is 19.5 Å². The lowest BCUT2D eigenvalue weighted by atomic mass is 10.3. The molecule has 1 unspecified atom stereocenters. The number of nitrogens with one attached hydrogen (secondary N) is 1. The van der Waals surface area contributed by atoms with Gasteiger partial charge in [-0.1, -0.05) is 11.6 Å². The van der Waals surface area contributed by atoms with Crippen molar-refractivity contribution in [1.82, 2.24) is 9.78 Å². The Hall–Kier alpha value is -1.60. The molecule has 1 aromatic heterocycles. The first kappa shape index (κ1) is 14.5. The van der Waals surface area contributed by atoms with Gasteiger partial charge in [-0.15, -0.1) is 0 Å². The van der Waals surface area contributed by atoms with E-state index in [0.717, 1.165) is 4.68 Å². The maximum atomic E-state index is 11.8. The smallest absolute Gasteiger partial charge is 0.327 e. The first-order valence-electron chi connectivity index (χ1n) is 5.28. The number of aromatic nitrogens is 2. The number of carbonyl (C=O) groups is 1. The zero-order valence-corrected chi connectivity index (χ0v) is 10.9. The molecule has 1 heterocycles. The Morgan fingerprint density at radius 1 is 1.72 bits per heavy atom. The first-order chi connectivity index (χ1) is 8.49. The monoisotopic (exact) mass is 274 g/mol. The maximum absolute atomic E-state index is 11.8. The number of nitrogens with zero attached hydrogens (tertiary/aromatic N) is 2. The Kier molecular flexibility index (Phi) is 5.11. The molecule has 1 rings (SSSR count). The van der Waals surface area contributed by atoms with E-state index < -0.39 is 11.5 Å². The fourth-order valence-electron chi connectivity index (χ4n) is 1.19. The van der Waals surface area contributed by atoms with Gasteiger partial charge in [0.05, 0.1) is 19.0 Å². The van der Waals surface area contributed by atoms with E-state index in [1.165, 1.54) is 13.3 Å². The summed E-state index contributed by atoms with van der Waals surface area (Å²) < 4.78 is 5.38. The van der Waals surface area contributed by atoms with Crippen LogP contribution in [0.25, 0.3) is 0 Å². The number of hydrogen-bond donors (Lipinski definition) is 2. The van der Waals surface area contributed by atoms with E-state index in [1.807, 2.05) is 6.92 Å². The second-order valence-corrected chi connectivity index (χ2v) is 4.07. The molecule has 18 heavy (non-hydrogen) atoms. The second kappa shape index (κ2) is 6.36. The molecule has 0 aliphatic rings. The third-order valence-corrected chi connectivity index (χ3v) is 2.61. The number of esters is 1. The molecule has 3 N–H and O–H groups in total. The molecule has 1 aromatic rings. The highest BCUT2D eigenvalue weighted by Gasteiger charge is 2.13. The molecule has 0 aromatic carbocycles. The van der Waals surface area contributed by atoms with Crippen molar-refractivity contribution in [2.24, 2.45) is 5.73 Å². The lowest BCUT2D eigenvalue weighted by Crippen LogP contribution is -2.30. The third-order valence-electron chi connectivity index (χ3n) is 2.25. The van der Waals surface area contributed by atoms with E-state index in [1.54, 1.807) is 0 Å². The van der Waals surface area contributed by atoms with E-state index in [9.17, 15) is 9.59 Å². The maximum Gasteiger partial charge on any atom is 0.327 e. The van der Waals surface area contributed by atoms with Gasteiger partial charge in [-0.3, -0.25) is 9.59 Å². The molecule has 0 aliphatic heterocycles. The summed E-state index contributed by atoms with van der Waals surface area (Å²) >= 11 is 5.90. The van der Waals surface area contributed by atoms with Crippen molar-refractivity contribution in [2.75, 3.05) is 19.0 Å². The van der Waals surface area contributed by atoms with Crippen LogP contribution >= 0.6 is 11.6 Å². The fourth-order valence-corrected chi connectivity index (χ4v) is 1.39. The van der Waals surface area contributed by atoms with Gasteiger partial charge in [-0.2, -0.15) is 5.10 Å². The number of methoxy groups -OCH3 is 1. The van der Waals surface area contributed by atoms with Crippen molar-refractivity contribution in [1.29, 1.82) is 0 Å². The summed E-state index contributed by atoms with van der Waals surface area (Å²) in [6, 6.07) is -0.0415. The molecule has 0 spiro atoms. The number of halogens is 1. The van der Waals surface area contributed by atoms with Crippen LogP contribution < -0.4 is 16.6 Å². The Morgan fingerprint density at radius 2 is 2.39 bits per heavy atom. The largest absolute Gasteiger partial charge is 0.468 e. The van der Waals surface area contributed by atoms with Crippen LogP contribution in [0.15, 0.2) is 11.0 Å². The molecule has 7 nitrogen and oxygen atoms in total. The molecule has 100 valence electrons. The van der Waals surface area contributed by atoms with Crippen LogP contribution in [-0.4, -0.2) is 35.4 Å². The number of anilines is 1. The van der Waals surface area contributed by atoms with E-state index in [-0.39, 0.29) is 17.6 Å². The van der Waals surface area contributed by atoms with Crippen LogP contribution in [0.1, 0.15) is 6.92 Å². The molecule has 0 fully saturated rings. The lowest BCUT2D eigenvalue weighted by Gasteiger charge is -2.14. The molecule has 0 saturated heterocycles. The molecule has 0 radical (unpaired) electrons. The second-order valence-electron chi connectivity index (χ2n) is 3.69. The molecular weight excluding hydrogens is 260 g/mol. The van der Waals surface area contributed by atoms with Crippen molar-refractivity contribution >= 4 is 23.3 Å². The average molecular weight is 275 g/mol. The van der Waals surface area contributed by atoms with Crippen molar-refractivity contribution in [3.8, 4) is 0 Å². The summed E-state index contributed by atoms with van der Waals surface area (Å²) in [4.78, 5) is 22.9. The van der Waals surface area contributed by atoms with E-state index in [4.69, 9.17) is 17.3 Å². The quantitative estimate of drug-likeness (QED) is 0.723. The number of rotatable bonds is 5. The summed E-state index contributed by atoms with van der Waals surface area (Å²) in [7, 11) is 1.23. The Bertz CT molecular complexity index is 489. The number of carbonyl (C=O) groups excluding carboxylic acids is 1. The molecule has 1 atom stereocenters. The van der Waals surface area contributed by atoms with Gasteiger partial charge in [0.2, 0.25) is 0 Å². The van der Waals surface area contributed by atoms with Crippen LogP contribution in [0.2, 0.25) is 5.02 Å². The normalized spacial score (nSPS) is 12.0. The fraction of sp³-hybridized carbons (Fsp3) is 0.500. The third kappa shape index (κ3) is 3.44. The van der Waals surface area contributed by atoms with Gasteiger partial charge in [0.1, 0.15) is 11.6 Å². The van der Waals surface area contributed by atoms with Crippen LogP contribution in [0.4, 0.5) is 5.69 Å². The minimum absolute atomic E-state index is 0.0331. The standard InChI is InChI=1S/C10H15ClN4O3/c1-6(3-12)14-7-4-13-15(5-8(16)18-2)10(17)9(7)11/h4,6,14H,3,5,12H2,1-2H3. The minimum atomic E-state index is -0.572. The summed E-state index contributed by atoms with van der Waals surface area (Å²) in [6.07, 6.45) is 1.37. The summed E-state index contributed by atoms with van der Waals surface area (Å²) in [5.41, 5.74) is 5.28. The SMILES string of the molecule is COC(=O)Cn1ncc(NC(C)CN)c(Cl)c1=O. The Balaban J connectivity index is 2.98. The van der Waals surface area contributed by atoms with Crippen molar-refractivity contribution < 1.29 is 9.53 Å². The predicted molar refractivity (Wildman–Crippen MR) is 67.7 cm³/mol. The van der Waals surface area contributed by atoms with Gasteiger partial charge in [0.25, 0.3) is 5.56 Å². The molecule has 0 saturated carbocycles. The van der Waals surface area contributed by atoms with Gasteiger partial charge in [-0.05, 0) is 6.92 Å². The summed E-state index contributed by atoms with van der Waals surface area (Å²) in [5, 5.41) is 6.74. The number of nitrogens with two attached hydrogens (primary N) is 1. The molecular formula is C10H15ClN4O3.